The molecule has 2 aromatic heterocycles. The van der Waals surface area contributed by atoms with Crippen molar-refractivity contribution < 1.29 is 9.15 Å². The van der Waals surface area contributed by atoms with Gasteiger partial charge in [-0.05, 0) is 25.1 Å². The van der Waals surface area contributed by atoms with Crippen LogP contribution in [0.25, 0.3) is 10.8 Å². The van der Waals surface area contributed by atoms with Crippen molar-refractivity contribution in [1.82, 2.24) is 10.3 Å². The topological polar surface area (TPSA) is 47.3 Å². The lowest BCUT2D eigenvalue weighted by atomic mass is 10.3. The van der Waals surface area contributed by atoms with E-state index in [4.69, 9.17) is 9.15 Å². The lowest BCUT2D eigenvalue weighted by Crippen LogP contribution is -2.14. The van der Waals surface area contributed by atoms with Crippen molar-refractivity contribution in [3.63, 3.8) is 0 Å². The Morgan fingerprint density at radius 2 is 2.37 bits per heavy atom. The highest BCUT2D eigenvalue weighted by molar-refractivity contribution is 7.15. The fourth-order valence-electron chi connectivity index (χ4n) is 1.78. The molecule has 2 rings (SSSR count). The van der Waals surface area contributed by atoms with Crippen LogP contribution in [0.5, 0.6) is 0 Å². The molecule has 0 bridgehead atoms. The molecule has 104 valence electrons. The second-order valence-corrected chi connectivity index (χ2v) is 5.41. The minimum absolute atomic E-state index is 0.544. The molecule has 0 fully saturated rings. The standard InChI is InChI=1S/C14H20N2O2S/c1-3-4-7-15-9-13-11(10-17-2)16-14(19-13)12-6-5-8-18-12/h5-6,8,15H,3-4,7,9-10H2,1-2H3. The van der Waals surface area contributed by atoms with E-state index in [9.17, 15) is 0 Å². The van der Waals surface area contributed by atoms with Gasteiger partial charge < -0.3 is 14.5 Å². The number of hydrogen-bond acceptors (Lipinski definition) is 5. The average Bonchev–Trinajstić information content (AvgIpc) is 3.04. The molecular formula is C14H20N2O2S. The van der Waals surface area contributed by atoms with Crippen molar-refractivity contribution in [1.29, 1.82) is 0 Å². The van der Waals surface area contributed by atoms with Crippen molar-refractivity contribution in [2.45, 2.75) is 32.9 Å². The Balaban J connectivity index is 2.07. The van der Waals surface area contributed by atoms with Crippen molar-refractivity contribution >= 4 is 11.3 Å². The van der Waals surface area contributed by atoms with Crippen LogP contribution in [-0.2, 0) is 17.9 Å². The first kappa shape index (κ1) is 14.2. The molecule has 0 aliphatic rings. The number of methoxy groups -OCH3 is 1. The molecule has 2 aromatic rings. The highest BCUT2D eigenvalue weighted by atomic mass is 32.1. The van der Waals surface area contributed by atoms with Crippen molar-refractivity contribution in [2.24, 2.45) is 0 Å². The van der Waals surface area contributed by atoms with Crippen molar-refractivity contribution in [3.8, 4) is 10.8 Å². The minimum Gasteiger partial charge on any atom is -0.462 e. The number of thiazole rings is 1. The molecule has 0 unspecified atom stereocenters. The van der Waals surface area contributed by atoms with Gasteiger partial charge in [-0.2, -0.15) is 0 Å². The minimum atomic E-state index is 0.544. The number of aromatic nitrogens is 1. The molecule has 0 saturated carbocycles. The van der Waals surface area contributed by atoms with Crippen LogP contribution < -0.4 is 5.32 Å². The van der Waals surface area contributed by atoms with Gasteiger partial charge in [0, 0.05) is 18.5 Å². The zero-order chi connectivity index (χ0) is 13.5. The SMILES string of the molecule is CCCCNCc1sc(-c2ccco2)nc1COC. The van der Waals surface area contributed by atoms with Gasteiger partial charge in [-0.25, -0.2) is 4.98 Å². The van der Waals surface area contributed by atoms with Crippen LogP contribution in [0.3, 0.4) is 0 Å². The molecule has 0 amide bonds. The molecule has 5 heteroatoms. The summed E-state index contributed by atoms with van der Waals surface area (Å²) in [6.07, 6.45) is 4.08. The Kier molecular flexibility index (Phi) is 5.57. The Bertz CT molecular complexity index is 480. The molecule has 0 aliphatic carbocycles. The Morgan fingerprint density at radius 1 is 1.47 bits per heavy atom. The van der Waals surface area contributed by atoms with Gasteiger partial charge in [0.15, 0.2) is 10.8 Å². The monoisotopic (exact) mass is 280 g/mol. The van der Waals surface area contributed by atoms with E-state index in [0.717, 1.165) is 29.6 Å². The normalized spacial score (nSPS) is 11.1. The fraction of sp³-hybridized carbons (Fsp3) is 0.500. The third-order valence-electron chi connectivity index (χ3n) is 2.78. The molecule has 4 nitrogen and oxygen atoms in total. The lowest BCUT2D eigenvalue weighted by Gasteiger charge is -2.03. The van der Waals surface area contributed by atoms with Crippen LogP contribution in [0, 0.1) is 0 Å². The highest BCUT2D eigenvalue weighted by Crippen LogP contribution is 2.28. The average molecular weight is 280 g/mol. The maximum absolute atomic E-state index is 5.40. The van der Waals surface area contributed by atoms with E-state index in [-0.39, 0.29) is 0 Å². The second-order valence-electron chi connectivity index (χ2n) is 4.33. The van der Waals surface area contributed by atoms with Gasteiger partial charge in [-0.1, -0.05) is 13.3 Å². The third kappa shape index (κ3) is 3.89. The number of nitrogens with one attached hydrogen (secondary N) is 1. The van der Waals surface area contributed by atoms with E-state index in [2.05, 4.69) is 17.2 Å². The summed E-state index contributed by atoms with van der Waals surface area (Å²) in [6, 6.07) is 3.82. The van der Waals surface area contributed by atoms with Crippen LogP contribution in [0.4, 0.5) is 0 Å². The van der Waals surface area contributed by atoms with Gasteiger partial charge in [0.25, 0.3) is 0 Å². The molecule has 0 atom stereocenters. The Morgan fingerprint density at radius 3 is 3.05 bits per heavy atom. The second kappa shape index (κ2) is 7.43. The molecule has 0 radical (unpaired) electrons. The number of nitrogens with zero attached hydrogens (tertiary/aromatic N) is 1. The zero-order valence-electron chi connectivity index (χ0n) is 11.4. The zero-order valence-corrected chi connectivity index (χ0v) is 12.3. The fourth-order valence-corrected chi connectivity index (χ4v) is 2.78. The number of unbranched alkanes of at least 4 members (excludes halogenated alkanes) is 1. The summed E-state index contributed by atoms with van der Waals surface area (Å²) < 4.78 is 10.6. The van der Waals surface area contributed by atoms with Gasteiger partial charge in [0.1, 0.15) is 0 Å². The first-order chi connectivity index (χ1) is 9.35. The van der Waals surface area contributed by atoms with E-state index in [1.807, 2.05) is 12.1 Å². The van der Waals surface area contributed by atoms with Crippen LogP contribution in [0.15, 0.2) is 22.8 Å². The Labute approximate surface area is 117 Å². The number of ether oxygens (including phenoxy) is 1. The third-order valence-corrected chi connectivity index (χ3v) is 3.90. The molecule has 0 saturated heterocycles. The molecular weight excluding hydrogens is 260 g/mol. The van der Waals surface area contributed by atoms with Crippen molar-refractivity contribution in [2.75, 3.05) is 13.7 Å². The van der Waals surface area contributed by atoms with Gasteiger partial charge in [-0.3, -0.25) is 0 Å². The molecule has 19 heavy (non-hydrogen) atoms. The first-order valence-corrected chi connectivity index (χ1v) is 7.39. The predicted octanol–water partition coefficient (Wildman–Crippen LogP) is 3.44. The van der Waals surface area contributed by atoms with Gasteiger partial charge in [0.05, 0.1) is 18.6 Å². The summed E-state index contributed by atoms with van der Waals surface area (Å²) in [4.78, 5) is 5.83. The van der Waals surface area contributed by atoms with E-state index in [1.165, 1.54) is 17.7 Å². The molecule has 0 aliphatic heterocycles. The highest BCUT2D eigenvalue weighted by Gasteiger charge is 2.13. The molecule has 2 heterocycles. The first-order valence-electron chi connectivity index (χ1n) is 6.57. The summed E-state index contributed by atoms with van der Waals surface area (Å²) in [5, 5.41) is 4.36. The molecule has 0 aromatic carbocycles. The van der Waals surface area contributed by atoms with Crippen LogP contribution in [-0.4, -0.2) is 18.6 Å². The van der Waals surface area contributed by atoms with E-state index in [1.54, 1.807) is 24.7 Å². The molecule has 0 spiro atoms. The van der Waals surface area contributed by atoms with Gasteiger partial charge in [0.2, 0.25) is 0 Å². The summed E-state index contributed by atoms with van der Waals surface area (Å²) >= 11 is 1.67. The lowest BCUT2D eigenvalue weighted by molar-refractivity contribution is 0.181. The smallest absolute Gasteiger partial charge is 0.162 e. The largest absolute Gasteiger partial charge is 0.462 e. The van der Waals surface area contributed by atoms with Gasteiger partial charge in [-0.15, -0.1) is 11.3 Å². The number of furan rings is 1. The molecule has 1 N–H and O–H groups in total. The van der Waals surface area contributed by atoms with Gasteiger partial charge >= 0.3 is 0 Å². The summed E-state index contributed by atoms with van der Waals surface area (Å²) in [5.74, 6) is 0.821. The maximum atomic E-state index is 5.40. The summed E-state index contributed by atoms with van der Waals surface area (Å²) in [7, 11) is 1.69. The van der Waals surface area contributed by atoms with E-state index < -0.39 is 0 Å². The maximum Gasteiger partial charge on any atom is 0.162 e. The predicted molar refractivity (Wildman–Crippen MR) is 77.1 cm³/mol. The van der Waals surface area contributed by atoms with Crippen LogP contribution >= 0.6 is 11.3 Å². The summed E-state index contributed by atoms with van der Waals surface area (Å²) in [5.41, 5.74) is 1.00. The quantitative estimate of drug-likeness (QED) is 0.752. The Hall–Kier alpha value is -1.17. The number of hydrogen-bond donors (Lipinski definition) is 1. The van der Waals surface area contributed by atoms with Crippen LogP contribution in [0.2, 0.25) is 0 Å². The van der Waals surface area contributed by atoms with Crippen LogP contribution in [0.1, 0.15) is 30.3 Å². The number of rotatable bonds is 8. The summed E-state index contributed by atoms with van der Waals surface area (Å²) in [6.45, 7) is 4.62. The van der Waals surface area contributed by atoms with Crippen molar-refractivity contribution in [3.05, 3.63) is 29.0 Å². The van der Waals surface area contributed by atoms with E-state index in [0.29, 0.717) is 6.61 Å². The van der Waals surface area contributed by atoms with E-state index >= 15 is 0 Å².